The summed E-state index contributed by atoms with van der Waals surface area (Å²) in [7, 11) is 2.09. The number of nitrogens with zero attached hydrogens (tertiary/aromatic N) is 3. The Hall–Kier alpha value is -2.85. The Morgan fingerprint density at radius 2 is 1.54 bits per heavy atom. The van der Waals surface area contributed by atoms with E-state index in [-0.39, 0.29) is 5.41 Å². The van der Waals surface area contributed by atoms with E-state index in [9.17, 15) is 0 Å². The highest BCUT2D eigenvalue weighted by Gasteiger charge is 2.38. The second-order valence-electron chi connectivity index (χ2n) is 7.31. The quantitative estimate of drug-likeness (QED) is 0.445. The van der Waals surface area contributed by atoms with Crippen LogP contribution in [0.2, 0.25) is 0 Å². The molecule has 0 amide bonds. The molecule has 3 aromatic rings. The van der Waals surface area contributed by atoms with E-state index >= 15 is 0 Å². The summed E-state index contributed by atoms with van der Waals surface area (Å²) >= 11 is 1.70. The third-order valence-electron chi connectivity index (χ3n) is 5.12. The topological polar surface area (TPSA) is 28.0 Å². The molecule has 1 aliphatic rings. The zero-order valence-electron chi connectivity index (χ0n) is 16.3. The average molecular weight is 386 g/mol. The van der Waals surface area contributed by atoms with Gasteiger partial charge in [-0.1, -0.05) is 74.1 Å². The van der Waals surface area contributed by atoms with E-state index in [1.54, 1.807) is 11.8 Å². The van der Waals surface area contributed by atoms with Crippen molar-refractivity contribution in [2.24, 2.45) is 10.2 Å². The summed E-state index contributed by atoms with van der Waals surface area (Å²) in [4.78, 5) is 4.49. The summed E-state index contributed by atoms with van der Waals surface area (Å²) < 4.78 is 0. The fraction of sp³-hybridized carbons (Fsp3) is 0.167. The Morgan fingerprint density at radius 3 is 2.32 bits per heavy atom. The van der Waals surface area contributed by atoms with Crippen LogP contribution in [-0.4, -0.2) is 7.05 Å². The molecular weight excluding hydrogens is 362 g/mol. The predicted molar refractivity (Wildman–Crippen MR) is 117 cm³/mol. The smallest absolute Gasteiger partial charge is 0.0996 e. The molecule has 0 aromatic heterocycles. The second-order valence-corrected chi connectivity index (χ2v) is 8.43. The third-order valence-corrected chi connectivity index (χ3v) is 6.20. The predicted octanol–water partition coefficient (Wildman–Crippen LogP) is 7.19. The molecule has 0 radical (unpaired) electrons. The normalized spacial score (nSPS) is 16.7. The first-order valence-electron chi connectivity index (χ1n) is 9.34. The molecule has 28 heavy (non-hydrogen) atoms. The Labute approximate surface area is 170 Å². The zero-order chi connectivity index (χ0) is 19.6. The van der Waals surface area contributed by atoms with Crippen molar-refractivity contribution in [2.75, 3.05) is 11.9 Å². The molecule has 4 rings (SSSR count). The van der Waals surface area contributed by atoms with Gasteiger partial charge in [0, 0.05) is 33.6 Å². The molecule has 0 bridgehead atoms. The maximum absolute atomic E-state index is 4.53. The van der Waals surface area contributed by atoms with Crippen molar-refractivity contribution >= 4 is 23.1 Å². The molecule has 0 aliphatic carbocycles. The van der Waals surface area contributed by atoms with Gasteiger partial charge in [-0.05, 0) is 35.9 Å². The molecule has 4 heteroatoms. The van der Waals surface area contributed by atoms with E-state index in [1.807, 2.05) is 42.6 Å². The van der Waals surface area contributed by atoms with E-state index in [2.05, 4.69) is 78.5 Å². The fourth-order valence-electron chi connectivity index (χ4n) is 3.62. The van der Waals surface area contributed by atoms with Crippen molar-refractivity contribution in [1.82, 2.24) is 0 Å². The summed E-state index contributed by atoms with van der Waals surface area (Å²) in [6.45, 7) is 4.46. The van der Waals surface area contributed by atoms with Crippen LogP contribution < -0.4 is 4.90 Å². The molecule has 0 spiro atoms. The van der Waals surface area contributed by atoms with Gasteiger partial charge in [0.1, 0.15) is 0 Å². The maximum atomic E-state index is 4.53. The minimum Gasteiger partial charge on any atom is -0.346 e. The first-order valence-corrected chi connectivity index (χ1v) is 10.2. The molecule has 0 unspecified atom stereocenters. The van der Waals surface area contributed by atoms with Crippen LogP contribution in [0.5, 0.6) is 0 Å². The largest absolute Gasteiger partial charge is 0.346 e. The Morgan fingerprint density at radius 1 is 0.857 bits per heavy atom. The number of anilines is 1. The molecule has 0 saturated carbocycles. The lowest BCUT2D eigenvalue weighted by Crippen LogP contribution is -2.22. The molecule has 0 N–H and O–H groups in total. The summed E-state index contributed by atoms with van der Waals surface area (Å²) in [5.74, 6) is 0. The van der Waals surface area contributed by atoms with E-state index in [1.165, 1.54) is 16.1 Å². The molecule has 0 saturated heterocycles. The highest BCUT2D eigenvalue weighted by Crippen LogP contribution is 2.46. The van der Waals surface area contributed by atoms with Crippen molar-refractivity contribution in [3.05, 3.63) is 96.3 Å². The van der Waals surface area contributed by atoms with Gasteiger partial charge in [0.25, 0.3) is 0 Å². The number of hydrogen-bond acceptors (Lipinski definition) is 4. The Bertz CT molecular complexity index is 1040. The van der Waals surface area contributed by atoms with Crippen LogP contribution in [0.4, 0.5) is 11.4 Å². The van der Waals surface area contributed by atoms with Crippen molar-refractivity contribution in [3.8, 4) is 0 Å². The van der Waals surface area contributed by atoms with E-state index in [0.717, 1.165) is 16.3 Å². The molecule has 3 nitrogen and oxygen atoms in total. The average Bonchev–Trinajstić information content (AvgIpc) is 2.91. The Balaban J connectivity index is 1.61. The van der Waals surface area contributed by atoms with Crippen LogP contribution in [-0.2, 0) is 5.41 Å². The van der Waals surface area contributed by atoms with Crippen LogP contribution >= 0.6 is 11.8 Å². The van der Waals surface area contributed by atoms with Gasteiger partial charge in [-0.15, -0.1) is 5.11 Å². The first-order chi connectivity index (χ1) is 13.6. The van der Waals surface area contributed by atoms with Gasteiger partial charge < -0.3 is 4.90 Å². The molecule has 3 aromatic carbocycles. The highest BCUT2D eigenvalue weighted by molar-refractivity contribution is 7.99. The van der Waals surface area contributed by atoms with Crippen molar-refractivity contribution in [3.63, 3.8) is 0 Å². The van der Waals surface area contributed by atoms with Gasteiger partial charge >= 0.3 is 0 Å². The summed E-state index contributed by atoms with van der Waals surface area (Å²) in [5.41, 5.74) is 4.48. The van der Waals surface area contributed by atoms with Crippen LogP contribution in [0.1, 0.15) is 19.4 Å². The molecule has 0 fully saturated rings. The minimum absolute atomic E-state index is 0.0946. The van der Waals surface area contributed by atoms with Crippen LogP contribution in [0.3, 0.4) is 0 Å². The summed E-state index contributed by atoms with van der Waals surface area (Å²) in [6.07, 6.45) is 1.89. The number of azo groups is 1. The first kappa shape index (κ1) is 18.5. The van der Waals surface area contributed by atoms with Gasteiger partial charge in [-0.2, -0.15) is 5.11 Å². The van der Waals surface area contributed by atoms with Crippen LogP contribution in [0.15, 0.2) is 111 Å². The van der Waals surface area contributed by atoms with Crippen molar-refractivity contribution in [2.45, 2.75) is 29.1 Å². The molecule has 1 heterocycles. The van der Waals surface area contributed by atoms with Gasteiger partial charge in [0.2, 0.25) is 0 Å². The number of allylic oxidation sites excluding steroid dienone is 1. The molecule has 1 aliphatic heterocycles. The molecular formula is C24H23N3S. The number of rotatable bonds is 4. The van der Waals surface area contributed by atoms with Crippen LogP contribution in [0, 0.1) is 0 Å². The van der Waals surface area contributed by atoms with E-state index in [4.69, 9.17) is 0 Å². The third kappa shape index (κ3) is 3.48. The summed E-state index contributed by atoms with van der Waals surface area (Å²) in [5, 5.41) is 8.99. The number of fused-ring (bicyclic) bond motifs is 1. The van der Waals surface area contributed by atoms with Crippen LogP contribution in [0.25, 0.3) is 0 Å². The zero-order valence-corrected chi connectivity index (χ0v) is 17.1. The monoisotopic (exact) mass is 385 g/mol. The number of likely N-dealkylation sites (N-methyl/N-ethyl adjacent to an activating group) is 1. The van der Waals surface area contributed by atoms with Gasteiger partial charge in [-0.25, -0.2) is 0 Å². The van der Waals surface area contributed by atoms with Crippen molar-refractivity contribution < 1.29 is 0 Å². The lowest BCUT2D eigenvalue weighted by Gasteiger charge is -2.22. The lowest BCUT2D eigenvalue weighted by atomic mass is 9.84. The molecule has 140 valence electrons. The highest BCUT2D eigenvalue weighted by atomic mass is 32.2. The number of benzene rings is 3. The SMILES string of the molecule is CN1C(=CN=Nc2ccccc2Sc2ccccc2)C(C)(C)c2ccccc21. The van der Waals surface area contributed by atoms with E-state index in [0.29, 0.717) is 0 Å². The number of para-hydroxylation sites is 1. The molecule has 0 atom stereocenters. The lowest BCUT2D eigenvalue weighted by molar-refractivity contribution is 0.637. The number of hydrogen-bond donors (Lipinski definition) is 0. The fourth-order valence-corrected chi connectivity index (χ4v) is 4.52. The Kier molecular flexibility index (Phi) is 5.05. The van der Waals surface area contributed by atoms with Gasteiger partial charge in [0.05, 0.1) is 11.9 Å². The van der Waals surface area contributed by atoms with Gasteiger partial charge in [-0.3, -0.25) is 0 Å². The van der Waals surface area contributed by atoms with Crippen molar-refractivity contribution in [1.29, 1.82) is 0 Å². The summed E-state index contributed by atoms with van der Waals surface area (Å²) in [6, 6.07) is 27.0. The minimum atomic E-state index is -0.0946. The standard InChI is InChI=1S/C24H23N3S/c1-24(2)19-13-7-9-15-21(19)27(3)23(24)17-25-26-20-14-8-10-16-22(20)28-18-11-5-4-6-12-18/h4-17H,1-3H3. The van der Waals surface area contributed by atoms with E-state index < -0.39 is 0 Å². The second kappa shape index (κ2) is 7.64. The van der Waals surface area contributed by atoms with Gasteiger partial charge in [0.15, 0.2) is 0 Å². The maximum Gasteiger partial charge on any atom is 0.0996 e.